The van der Waals surface area contributed by atoms with Crippen molar-refractivity contribution >= 4 is 40.4 Å². The van der Waals surface area contributed by atoms with Crippen LogP contribution in [0.3, 0.4) is 0 Å². The van der Waals surface area contributed by atoms with Crippen molar-refractivity contribution in [1.29, 1.82) is 0 Å². The van der Waals surface area contributed by atoms with Crippen LogP contribution in [-0.2, 0) is 42.9 Å². The van der Waals surface area contributed by atoms with Crippen molar-refractivity contribution in [2.45, 2.75) is 94.8 Å². The Bertz CT molecular complexity index is 1860. The predicted molar refractivity (Wildman–Crippen MR) is 227 cm³/mol. The molecule has 6 atom stereocenters. The standard InChI is InChI=1S/C44H62N2O11SSi/c1-33(47)57-41-29-35-27-34(30-54-31-52-5)28-42(55-32-53-6)44(35,24-14-25-45-58(50,51)37-22-20-36(21-23-37)46(48)49)40(41)19-13-26-56-59(43(2,3)4,38-15-9-7-10-16-38)39-17-11-8-12-18-39/h7-12,15-18,20-23,34-35,40-42,45H,13-14,19,24-32H2,1-6H3/t34?,35-,40+,41-,42?,44?/m0/s1. The first-order valence-electron chi connectivity index (χ1n) is 20.5. The fraction of sp³-hybridized carbons (Fsp3) is 0.568. The lowest BCUT2D eigenvalue weighted by molar-refractivity contribution is -0.384. The summed E-state index contributed by atoms with van der Waals surface area (Å²) in [4.78, 5) is 23.3. The molecule has 15 heteroatoms. The van der Waals surface area contributed by atoms with E-state index in [1.165, 1.54) is 41.6 Å². The zero-order chi connectivity index (χ0) is 42.7. The summed E-state index contributed by atoms with van der Waals surface area (Å²) >= 11 is 0. The summed E-state index contributed by atoms with van der Waals surface area (Å²) in [5.74, 6) is -0.232. The molecular weight excluding hydrogens is 793 g/mol. The maximum absolute atomic E-state index is 13.3. The number of hydrogen-bond donors (Lipinski definition) is 1. The number of esters is 1. The molecule has 2 aliphatic rings. The average molecular weight is 855 g/mol. The van der Waals surface area contributed by atoms with E-state index in [4.69, 9.17) is 28.1 Å². The smallest absolute Gasteiger partial charge is 0.302 e. The van der Waals surface area contributed by atoms with Gasteiger partial charge >= 0.3 is 5.97 Å². The van der Waals surface area contributed by atoms with Crippen molar-refractivity contribution < 1.29 is 46.2 Å². The normalized spacial score (nSPS) is 23.5. The van der Waals surface area contributed by atoms with E-state index in [1.54, 1.807) is 14.2 Å². The Morgan fingerprint density at radius 2 is 1.53 bits per heavy atom. The molecule has 0 heterocycles. The number of sulfonamides is 1. The number of hydrogen-bond acceptors (Lipinski definition) is 11. The van der Waals surface area contributed by atoms with Crippen LogP contribution in [0.1, 0.15) is 72.6 Å². The molecule has 1 N–H and O–H groups in total. The lowest BCUT2D eigenvalue weighted by Crippen LogP contribution is -2.66. The summed E-state index contributed by atoms with van der Waals surface area (Å²) in [7, 11) is -3.57. The van der Waals surface area contributed by atoms with Gasteiger partial charge in [0.1, 0.15) is 19.7 Å². The van der Waals surface area contributed by atoms with E-state index in [1.807, 2.05) is 12.1 Å². The van der Waals surface area contributed by atoms with Gasteiger partial charge in [0.15, 0.2) is 0 Å². The molecule has 59 heavy (non-hydrogen) atoms. The fourth-order valence-electron chi connectivity index (χ4n) is 10.0. The van der Waals surface area contributed by atoms with E-state index in [2.05, 4.69) is 74.0 Å². The van der Waals surface area contributed by atoms with E-state index >= 15 is 0 Å². The molecule has 0 aromatic heterocycles. The zero-order valence-corrected chi connectivity index (χ0v) is 37.1. The monoisotopic (exact) mass is 854 g/mol. The summed E-state index contributed by atoms with van der Waals surface area (Å²) in [6, 6.07) is 25.9. The maximum Gasteiger partial charge on any atom is 0.302 e. The maximum atomic E-state index is 13.3. The molecule has 3 aromatic carbocycles. The van der Waals surface area contributed by atoms with Gasteiger partial charge in [-0.1, -0.05) is 81.4 Å². The minimum atomic E-state index is -3.94. The number of methoxy groups -OCH3 is 2. The summed E-state index contributed by atoms with van der Waals surface area (Å²) in [6.07, 6.45) is 3.92. The highest BCUT2D eigenvalue weighted by atomic mass is 32.2. The molecule has 324 valence electrons. The summed E-state index contributed by atoms with van der Waals surface area (Å²) in [5.41, 5.74) is -0.682. The highest BCUT2D eigenvalue weighted by Gasteiger charge is 2.62. The molecular formula is C44H62N2O11SSi. The molecule has 2 saturated carbocycles. The average Bonchev–Trinajstić information content (AvgIpc) is 3.50. The highest BCUT2D eigenvalue weighted by Crippen LogP contribution is 2.62. The van der Waals surface area contributed by atoms with Gasteiger partial charge in [-0.25, -0.2) is 13.1 Å². The topological polar surface area (TPSA) is 162 Å². The Kier molecular flexibility index (Phi) is 16.4. The number of nitrogens with zero attached hydrogens (tertiary/aromatic N) is 1. The Morgan fingerprint density at radius 3 is 2.08 bits per heavy atom. The fourth-order valence-corrected chi connectivity index (χ4v) is 15.7. The zero-order valence-electron chi connectivity index (χ0n) is 35.3. The number of nitro benzene ring substituents is 1. The van der Waals surface area contributed by atoms with Crippen molar-refractivity contribution in [2.24, 2.45) is 23.2 Å². The minimum Gasteiger partial charge on any atom is -0.462 e. The van der Waals surface area contributed by atoms with Gasteiger partial charge in [0.05, 0.1) is 22.5 Å². The van der Waals surface area contributed by atoms with Crippen molar-refractivity contribution in [2.75, 3.05) is 47.6 Å². The number of nitro groups is 1. The lowest BCUT2D eigenvalue weighted by Gasteiger charge is -2.51. The molecule has 13 nitrogen and oxygen atoms in total. The van der Waals surface area contributed by atoms with Crippen LogP contribution in [0.15, 0.2) is 89.8 Å². The third kappa shape index (κ3) is 10.9. The number of fused-ring (bicyclic) bond motifs is 1. The van der Waals surface area contributed by atoms with Crippen LogP contribution in [-0.4, -0.2) is 87.4 Å². The second-order valence-corrected chi connectivity index (χ2v) is 23.0. The third-order valence-corrected chi connectivity index (χ3v) is 18.8. The molecule has 3 unspecified atom stereocenters. The SMILES string of the molecule is COCOCC1CC(OCOC)C2(CCCNS(=O)(=O)c3ccc([N+](=O)[O-])cc3)[C@@H](C1)C[C@H](OC(C)=O)[C@H]2CCCO[Si](c1ccccc1)(c1ccccc1)C(C)(C)C. The van der Waals surface area contributed by atoms with Crippen LogP contribution in [0, 0.1) is 33.3 Å². The van der Waals surface area contributed by atoms with E-state index in [-0.39, 0.29) is 71.7 Å². The van der Waals surface area contributed by atoms with Gasteiger partial charge in [-0.3, -0.25) is 14.9 Å². The predicted octanol–water partition coefficient (Wildman–Crippen LogP) is 6.58. The third-order valence-electron chi connectivity index (χ3n) is 12.3. The first kappa shape index (κ1) is 46.5. The van der Waals surface area contributed by atoms with Crippen LogP contribution in [0.25, 0.3) is 0 Å². The summed E-state index contributed by atoms with van der Waals surface area (Å²) in [6.45, 7) is 9.58. The first-order valence-corrected chi connectivity index (χ1v) is 23.9. The Labute approximate surface area is 350 Å². The number of ether oxygens (including phenoxy) is 5. The van der Waals surface area contributed by atoms with E-state index in [0.29, 0.717) is 51.7 Å². The molecule has 0 amide bonds. The molecule has 2 aliphatic carbocycles. The molecule has 5 rings (SSSR count). The second-order valence-electron chi connectivity index (χ2n) is 16.9. The largest absolute Gasteiger partial charge is 0.462 e. The molecule has 0 spiro atoms. The van der Waals surface area contributed by atoms with Gasteiger partial charge in [-0.05, 0) is 84.3 Å². The summed E-state index contributed by atoms with van der Waals surface area (Å²) in [5, 5.41) is 13.4. The van der Waals surface area contributed by atoms with Crippen LogP contribution < -0.4 is 15.1 Å². The van der Waals surface area contributed by atoms with E-state index in [9.17, 15) is 23.3 Å². The molecule has 0 aliphatic heterocycles. The second kappa shape index (κ2) is 20.8. The Hall–Kier alpha value is -3.54. The molecule has 0 saturated heterocycles. The van der Waals surface area contributed by atoms with E-state index < -0.39 is 28.7 Å². The van der Waals surface area contributed by atoms with Gasteiger partial charge in [-0.15, -0.1) is 0 Å². The van der Waals surface area contributed by atoms with Gasteiger partial charge in [0.25, 0.3) is 14.0 Å². The molecule has 3 aromatic rings. The first-order chi connectivity index (χ1) is 28.2. The Balaban J connectivity index is 1.45. The van der Waals surface area contributed by atoms with Crippen LogP contribution in [0.4, 0.5) is 5.69 Å². The van der Waals surface area contributed by atoms with Crippen molar-refractivity contribution in [3.8, 4) is 0 Å². The molecule has 0 bridgehead atoms. The molecule has 0 radical (unpaired) electrons. The lowest BCUT2D eigenvalue weighted by atomic mass is 9.57. The van der Waals surface area contributed by atoms with Gasteiger partial charge in [0, 0.05) is 57.8 Å². The van der Waals surface area contributed by atoms with Crippen molar-refractivity contribution in [1.82, 2.24) is 4.72 Å². The van der Waals surface area contributed by atoms with Gasteiger partial charge < -0.3 is 28.1 Å². The van der Waals surface area contributed by atoms with Crippen molar-refractivity contribution in [3.05, 3.63) is 95.0 Å². The van der Waals surface area contributed by atoms with Crippen LogP contribution >= 0.6 is 0 Å². The Morgan fingerprint density at radius 1 is 0.898 bits per heavy atom. The number of benzene rings is 3. The highest BCUT2D eigenvalue weighted by molar-refractivity contribution is 7.89. The van der Waals surface area contributed by atoms with Gasteiger partial charge in [-0.2, -0.15) is 0 Å². The number of nitrogens with one attached hydrogen (secondary N) is 1. The number of carbonyl (C=O) groups is 1. The number of non-ortho nitro benzene ring substituents is 1. The van der Waals surface area contributed by atoms with E-state index in [0.717, 1.165) is 6.42 Å². The van der Waals surface area contributed by atoms with Crippen LogP contribution in [0.5, 0.6) is 0 Å². The number of rotatable bonds is 22. The quantitative estimate of drug-likeness (QED) is 0.0290. The van der Waals surface area contributed by atoms with Crippen LogP contribution in [0.2, 0.25) is 5.04 Å². The minimum absolute atomic E-state index is 0.0495. The van der Waals surface area contributed by atoms with Crippen molar-refractivity contribution in [3.63, 3.8) is 0 Å². The molecule has 2 fully saturated rings. The summed E-state index contributed by atoms with van der Waals surface area (Å²) < 4.78 is 66.0. The number of carbonyl (C=O) groups excluding carboxylic acids is 1. The van der Waals surface area contributed by atoms with Gasteiger partial charge in [0.2, 0.25) is 10.0 Å².